The first-order chi connectivity index (χ1) is 52.2. The molecule has 0 aliphatic heterocycles. The fraction of sp³-hybridized carbons (Fsp3) is 0.192. The van der Waals surface area contributed by atoms with E-state index in [1.807, 2.05) is 39.0 Å². The van der Waals surface area contributed by atoms with Crippen LogP contribution in [-0.2, 0) is 18.5 Å². The van der Waals surface area contributed by atoms with E-state index in [-0.39, 0.29) is 21.8 Å². The van der Waals surface area contributed by atoms with Gasteiger partial charge in [-0.1, -0.05) is 75.0 Å². The van der Waals surface area contributed by atoms with E-state index in [2.05, 4.69) is 149 Å². The first kappa shape index (κ1) is 82.2. The maximum atomic E-state index is 13.0. The van der Waals surface area contributed by atoms with Crippen molar-refractivity contribution in [2.24, 2.45) is 0 Å². The number of hydrogen-bond donors (Lipinski definition) is 6. The third-order valence-electron chi connectivity index (χ3n) is 15.8. The molecule has 3 aromatic carbocycles. The highest BCUT2D eigenvalue weighted by Crippen LogP contribution is 2.38. The van der Waals surface area contributed by atoms with Crippen molar-refractivity contribution in [1.29, 1.82) is 0 Å². The molecule has 12 rings (SSSR count). The van der Waals surface area contributed by atoms with Gasteiger partial charge in [-0.15, -0.1) is 23.9 Å². The molecule has 6 N–H and O–H groups in total. The molecule has 33 heteroatoms. The number of carbonyl (C=O) groups is 3. The maximum absolute atomic E-state index is 13.0. The molecule has 111 heavy (non-hydrogen) atoms. The molecule has 3 amide bonds. The lowest BCUT2D eigenvalue weighted by Crippen LogP contribution is -2.16. The average molecular weight is 1570 g/mol. The molecule has 21 nitrogen and oxygen atoms in total. The van der Waals surface area contributed by atoms with Crippen LogP contribution >= 0.6 is 11.6 Å². The van der Waals surface area contributed by atoms with Crippen molar-refractivity contribution >= 4 is 113 Å². The van der Waals surface area contributed by atoms with Gasteiger partial charge in [0, 0.05) is 125 Å². The number of fused-ring (bicyclic) bond motifs is 3. The first-order valence-electron chi connectivity index (χ1n) is 33.3. The predicted octanol–water partition coefficient (Wildman–Crippen LogP) is 17.5. The summed E-state index contributed by atoms with van der Waals surface area (Å²) in [6.45, 7) is 18.5. The molecule has 0 aliphatic carbocycles. The van der Waals surface area contributed by atoms with Gasteiger partial charge >= 0.3 is 18.5 Å². The van der Waals surface area contributed by atoms with Gasteiger partial charge in [0.2, 0.25) is 17.8 Å². The Morgan fingerprint density at radius 1 is 0.405 bits per heavy atom. The number of terminal acetylenes is 2. The second kappa shape index (κ2) is 34.2. The van der Waals surface area contributed by atoms with Crippen molar-refractivity contribution < 1.29 is 53.9 Å². The molecule has 9 aromatic heterocycles. The highest BCUT2D eigenvalue weighted by atomic mass is 35.5. The molecule has 0 unspecified atom stereocenters. The average Bonchev–Trinajstić information content (AvgIpc) is 0.787. The van der Waals surface area contributed by atoms with Crippen molar-refractivity contribution in [1.82, 2.24) is 59.8 Å². The van der Waals surface area contributed by atoms with Crippen molar-refractivity contribution in [2.45, 2.75) is 78.6 Å². The summed E-state index contributed by atoms with van der Waals surface area (Å²) in [6, 6.07) is 26.7. The lowest BCUT2D eigenvalue weighted by Gasteiger charge is -2.14. The number of pyridine rings is 6. The van der Waals surface area contributed by atoms with Crippen LogP contribution in [0.2, 0.25) is 44.4 Å². The number of aryl methyl sites for hydroxylation is 3. The number of nitrogens with zero attached hydrogens (tertiary/aromatic N) is 12. The van der Waals surface area contributed by atoms with Crippen LogP contribution < -0.4 is 31.9 Å². The molecule has 0 saturated carbocycles. The number of aromatic nitrogens is 12. The Bertz CT molecular complexity index is 5730. The number of amides is 3. The third kappa shape index (κ3) is 21.5. The standard InChI is InChI=1S/C27H25F3N6OSi.C24H17F3N6O.C22H16ClF3N6O.C5H10Si/c1-16-6-7-19(34-25(37)17-8-10-32-23(13-17)27(28,29)30)14-20(16)21-12-18-15-33-26(31-2)36-24(18)35-22(21)9-11-38(3,4)5;1-4-19-18(9-15-12-30-23(28-3)33-21(15)32-19)17-11-16(6-5-13(17)2)31-22(34)14-7-8-29-20(10-14)24(25,26)27;1-11-3-4-14(30-20(33)12-5-6-28-17(8-12)22(24,25)26)9-15(11)16-7-13-10-29-21(27-2)32-19(13)31-18(16)23;1-5-6(2,3)4/h6-8,10,12-15H,1-5H3,(H,34,37)(H,31,33,35,36);1,5-12H,2-3H3,(H,31,34)(H,28,30,32,33);3-10H,1-2H3,(H,30,33)(H,27,29,31,32);1H,2-4H3. The summed E-state index contributed by atoms with van der Waals surface area (Å²) < 4.78 is 117. The lowest BCUT2D eigenvalue weighted by atomic mass is 9.97. The maximum Gasteiger partial charge on any atom is 0.433 e. The number of anilines is 6. The van der Waals surface area contributed by atoms with E-state index >= 15 is 0 Å². The second-order valence-corrected chi connectivity index (χ2v) is 36.3. The Hall–Kier alpha value is -12.8. The molecular formula is C78H68ClF9N18O3Si2. The Kier molecular flexibility index (Phi) is 25.3. The summed E-state index contributed by atoms with van der Waals surface area (Å²) in [7, 11) is 2.26. The third-order valence-corrected chi connectivity index (χ3v) is 17.8. The molecule has 0 fully saturated rings. The summed E-state index contributed by atoms with van der Waals surface area (Å²) in [5.41, 5.74) is 12.3. The summed E-state index contributed by atoms with van der Waals surface area (Å²) in [6.07, 6.45) is 4.62. The number of nitrogens with one attached hydrogen (secondary N) is 6. The number of rotatable bonds is 12. The van der Waals surface area contributed by atoms with Gasteiger partial charge in [-0.25, -0.2) is 29.9 Å². The molecular weight excluding hydrogens is 1500 g/mol. The Labute approximate surface area is 638 Å². The van der Waals surface area contributed by atoms with Crippen LogP contribution in [0.25, 0.3) is 66.5 Å². The van der Waals surface area contributed by atoms with Crippen LogP contribution in [-0.4, -0.2) is 115 Å². The topological polar surface area (TPSA) is 278 Å². The van der Waals surface area contributed by atoms with Crippen LogP contribution in [0.15, 0.2) is 146 Å². The number of carbonyl (C=O) groups excluding carboxylic acids is 3. The van der Waals surface area contributed by atoms with E-state index in [0.29, 0.717) is 114 Å². The minimum Gasteiger partial charge on any atom is -0.357 e. The molecule has 12 aromatic rings. The summed E-state index contributed by atoms with van der Waals surface area (Å²) >= 11 is 6.43. The molecule has 0 aliphatic rings. The monoisotopic (exact) mass is 1570 g/mol. The fourth-order valence-corrected chi connectivity index (χ4v) is 10.8. The zero-order chi connectivity index (χ0) is 81.1. The van der Waals surface area contributed by atoms with Gasteiger partial charge in [-0.2, -0.15) is 54.5 Å². The van der Waals surface area contributed by atoms with Crippen LogP contribution in [0.3, 0.4) is 0 Å². The minimum absolute atomic E-state index is 0.152. The van der Waals surface area contributed by atoms with E-state index in [0.717, 1.165) is 52.5 Å². The van der Waals surface area contributed by atoms with E-state index in [1.54, 1.807) is 94.3 Å². The highest BCUT2D eigenvalue weighted by Gasteiger charge is 2.35. The normalized spacial score (nSPS) is 11.4. The molecule has 0 spiro atoms. The van der Waals surface area contributed by atoms with Gasteiger partial charge in [0.1, 0.15) is 49.8 Å². The number of benzene rings is 3. The van der Waals surface area contributed by atoms with Gasteiger partial charge in [-0.3, -0.25) is 29.3 Å². The van der Waals surface area contributed by atoms with Crippen LogP contribution in [0.1, 0.15) is 76.2 Å². The molecule has 0 atom stereocenters. The highest BCUT2D eigenvalue weighted by molar-refractivity contribution is 6.84. The van der Waals surface area contributed by atoms with Crippen molar-refractivity contribution in [3.8, 4) is 69.2 Å². The fourth-order valence-electron chi connectivity index (χ4n) is 10.0. The number of halogens is 10. The van der Waals surface area contributed by atoms with Crippen LogP contribution in [0.5, 0.6) is 0 Å². The number of hydrogen-bond acceptors (Lipinski definition) is 18. The quantitative estimate of drug-likeness (QED) is 0.0287. The zero-order valence-corrected chi connectivity index (χ0v) is 64.1. The Morgan fingerprint density at radius 3 is 1.04 bits per heavy atom. The van der Waals surface area contributed by atoms with Gasteiger partial charge in [0.15, 0.2) is 16.9 Å². The Morgan fingerprint density at radius 2 is 0.721 bits per heavy atom. The molecule has 0 radical (unpaired) electrons. The largest absolute Gasteiger partial charge is 0.433 e. The van der Waals surface area contributed by atoms with E-state index in [4.69, 9.17) is 29.4 Å². The van der Waals surface area contributed by atoms with Gasteiger partial charge in [-0.05, 0) is 151 Å². The van der Waals surface area contributed by atoms with Gasteiger partial charge < -0.3 is 31.9 Å². The summed E-state index contributed by atoms with van der Waals surface area (Å²) in [5.74, 6) is 4.96. The van der Waals surface area contributed by atoms with Crippen LogP contribution in [0.4, 0.5) is 74.4 Å². The van der Waals surface area contributed by atoms with Crippen molar-refractivity contribution in [3.05, 3.63) is 213 Å². The lowest BCUT2D eigenvalue weighted by molar-refractivity contribution is -0.142. The SMILES string of the molecule is C#C[Si](C)(C)C.C#Cc1nc2nc(NC)ncc2cc1-c1cc(NC(=O)c2ccnc(C(F)(F)F)c2)ccc1C.CNc1ncc2cc(-c3cc(NC(=O)c4ccnc(C(F)(F)F)c4)ccc3C)c(C#C[Si](C)(C)C)nc2n1.CNc1ncc2cc(-c3cc(NC(=O)c4ccnc(C(F)(F)F)c4)ccc3C)c(Cl)nc2n1. The van der Waals surface area contributed by atoms with E-state index < -0.39 is 69.5 Å². The minimum atomic E-state index is -4.65. The zero-order valence-electron chi connectivity index (χ0n) is 61.4. The summed E-state index contributed by atoms with van der Waals surface area (Å²) in [5, 5.41) is 18.8. The van der Waals surface area contributed by atoms with Crippen molar-refractivity contribution in [2.75, 3.05) is 53.0 Å². The van der Waals surface area contributed by atoms with Gasteiger partial charge in [0.25, 0.3) is 17.7 Å². The number of alkyl halides is 9. The van der Waals surface area contributed by atoms with Crippen molar-refractivity contribution in [3.63, 3.8) is 0 Å². The molecule has 9 heterocycles. The van der Waals surface area contributed by atoms with Gasteiger partial charge in [0.05, 0.1) is 0 Å². The molecule has 0 bridgehead atoms. The molecule has 0 saturated heterocycles. The Balaban J connectivity index is 0.000000185. The first-order valence-corrected chi connectivity index (χ1v) is 40.7. The van der Waals surface area contributed by atoms with E-state index in [1.165, 1.54) is 18.2 Å². The predicted molar refractivity (Wildman–Crippen MR) is 418 cm³/mol. The summed E-state index contributed by atoms with van der Waals surface area (Å²) in [4.78, 5) is 87.0. The van der Waals surface area contributed by atoms with Crippen LogP contribution in [0, 0.1) is 56.5 Å². The smallest absolute Gasteiger partial charge is 0.357 e. The molecule has 566 valence electrons. The van der Waals surface area contributed by atoms with E-state index in [9.17, 15) is 53.9 Å². The second-order valence-electron chi connectivity index (χ2n) is 26.4.